The van der Waals surface area contributed by atoms with Crippen LogP contribution >= 0.6 is 0 Å². The summed E-state index contributed by atoms with van der Waals surface area (Å²) in [4.78, 5) is 2.46. The number of benzene rings is 1. The Morgan fingerprint density at radius 3 is 3.07 bits per heavy atom. The lowest BCUT2D eigenvalue weighted by Crippen LogP contribution is -2.19. The molecule has 0 spiro atoms. The summed E-state index contributed by atoms with van der Waals surface area (Å²) in [6.07, 6.45) is 1.30. The Morgan fingerprint density at radius 2 is 2.40 bits per heavy atom. The highest BCUT2D eigenvalue weighted by molar-refractivity contribution is 5.32. The van der Waals surface area contributed by atoms with Crippen LogP contribution in [-0.2, 0) is 6.54 Å². The van der Waals surface area contributed by atoms with Crippen molar-refractivity contribution in [2.45, 2.75) is 19.9 Å². The minimum Gasteiger partial charge on any atom is -0.299 e. The van der Waals surface area contributed by atoms with Crippen molar-refractivity contribution >= 4 is 0 Å². The van der Waals surface area contributed by atoms with Crippen LogP contribution in [0.2, 0.25) is 0 Å². The van der Waals surface area contributed by atoms with Gasteiger partial charge in [0.1, 0.15) is 0 Å². The average molecular weight is 200 g/mol. The van der Waals surface area contributed by atoms with Gasteiger partial charge in [-0.25, -0.2) is 0 Å². The van der Waals surface area contributed by atoms with Crippen LogP contribution in [0.4, 0.5) is 0 Å². The molecule has 1 fully saturated rings. The minimum atomic E-state index is 0.764. The molecule has 1 aliphatic rings. The molecule has 0 N–H and O–H groups in total. The van der Waals surface area contributed by atoms with E-state index in [2.05, 4.69) is 24.0 Å². The second-order valence-corrected chi connectivity index (χ2v) is 4.44. The van der Waals surface area contributed by atoms with Gasteiger partial charge in [0.15, 0.2) is 0 Å². The van der Waals surface area contributed by atoms with Crippen LogP contribution in [0.1, 0.15) is 24.5 Å². The van der Waals surface area contributed by atoms with Crippen molar-refractivity contribution in [3.05, 3.63) is 35.4 Å². The van der Waals surface area contributed by atoms with Crippen LogP contribution in [0.5, 0.6) is 0 Å². The molecule has 78 valence electrons. The number of rotatable bonds is 2. The first-order valence-electron chi connectivity index (χ1n) is 5.49. The van der Waals surface area contributed by atoms with E-state index in [9.17, 15) is 0 Å². The number of likely N-dealkylation sites (tertiary alicyclic amines) is 1. The van der Waals surface area contributed by atoms with Crippen LogP contribution in [-0.4, -0.2) is 18.0 Å². The molecule has 0 aromatic heterocycles. The molecule has 0 aliphatic carbocycles. The monoisotopic (exact) mass is 200 g/mol. The number of nitriles is 1. The Bertz CT molecular complexity index is 378. The van der Waals surface area contributed by atoms with Crippen molar-refractivity contribution in [3.63, 3.8) is 0 Å². The maximum absolute atomic E-state index is 8.80. The standard InChI is InChI=1S/C13H16N2/c1-11-5-6-15(9-11)10-13-4-2-3-12(7-13)8-14/h2-4,7,11H,5-6,9-10H2,1H3. The minimum absolute atomic E-state index is 0.764. The highest BCUT2D eigenvalue weighted by Crippen LogP contribution is 2.18. The fraction of sp³-hybridized carbons (Fsp3) is 0.462. The Balaban J connectivity index is 2.02. The third-order valence-corrected chi connectivity index (χ3v) is 2.97. The van der Waals surface area contributed by atoms with Crippen LogP contribution < -0.4 is 0 Å². The van der Waals surface area contributed by atoms with Gasteiger partial charge >= 0.3 is 0 Å². The summed E-state index contributed by atoms with van der Waals surface area (Å²) in [5, 5.41) is 8.80. The van der Waals surface area contributed by atoms with E-state index >= 15 is 0 Å². The van der Waals surface area contributed by atoms with Gasteiger partial charge in [0.2, 0.25) is 0 Å². The molecular weight excluding hydrogens is 184 g/mol. The number of nitrogens with zero attached hydrogens (tertiary/aromatic N) is 2. The summed E-state index contributed by atoms with van der Waals surface area (Å²) in [5.74, 6) is 0.823. The predicted octanol–water partition coefficient (Wildman–Crippen LogP) is 2.40. The van der Waals surface area contributed by atoms with E-state index in [1.165, 1.54) is 25.1 Å². The topological polar surface area (TPSA) is 27.0 Å². The first kappa shape index (κ1) is 10.2. The molecular formula is C13H16N2. The van der Waals surface area contributed by atoms with Crippen LogP contribution in [0, 0.1) is 17.2 Å². The molecule has 2 nitrogen and oxygen atoms in total. The molecule has 2 rings (SSSR count). The summed E-state index contributed by atoms with van der Waals surface area (Å²) in [6, 6.07) is 10.1. The van der Waals surface area contributed by atoms with Crippen molar-refractivity contribution in [3.8, 4) is 6.07 Å². The van der Waals surface area contributed by atoms with Gasteiger partial charge in [-0.05, 0) is 36.6 Å². The summed E-state index contributed by atoms with van der Waals surface area (Å²) in [6.45, 7) is 5.67. The number of hydrogen-bond acceptors (Lipinski definition) is 2. The first-order chi connectivity index (χ1) is 7.28. The van der Waals surface area contributed by atoms with E-state index in [0.717, 1.165) is 18.0 Å². The van der Waals surface area contributed by atoms with E-state index in [0.29, 0.717) is 0 Å². The smallest absolute Gasteiger partial charge is 0.0991 e. The summed E-state index contributed by atoms with van der Waals surface area (Å²) in [5.41, 5.74) is 2.02. The average Bonchev–Trinajstić information content (AvgIpc) is 2.64. The van der Waals surface area contributed by atoms with E-state index in [1.54, 1.807) is 0 Å². The van der Waals surface area contributed by atoms with Crippen LogP contribution in [0.15, 0.2) is 24.3 Å². The molecule has 0 saturated carbocycles. The van der Waals surface area contributed by atoms with E-state index in [-0.39, 0.29) is 0 Å². The molecule has 1 aromatic rings. The van der Waals surface area contributed by atoms with Gasteiger partial charge in [-0.15, -0.1) is 0 Å². The molecule has 1 aliphatic heterocycles. The largest absolute Gasteiger partial charge is 0.299 e. The maximum Gasteiger partial charge on any atom is 0.0991 e. The second kappa shape index (κ2) is 4.46. The molecule has 1 atom stereocenters. The van der Waals surface area contributed by atoms with E-state index in [4.69, 9.17) is 5.26 Å². The lowest BCUT2D eigenvalue weighted by Gasteiger charge is -2.15. The normalized spacial score (nSPS) is 21.5. The molecule has 1 saturated heterocycles. The van der Waals surface area contributed by atoms with Gasteiger partial charge in [-0.2, -0.15) is 5.26 Å². The second-order valence-electron chi connectivity index (χ2n) is 4.44. The first-order valence-corrected chi connectivity index (χ1v) is 5.49. The van der Waals surface area contributed by atoms with Crippen molar-refractivity contribution in [2.75, 3.05) is 13.1 Å². The molecule has 1 aromatic carbocycles. The van der Waals surface area contributed by atoms with E-state index < -0.39 is 0 Å². The van der Waals surface area contributed by atoms with Crippen molar-refractivity contribution in [1.29, 1.82) is 5.26 Å². The third-order valence-electron chi connectivity index (χ3n) is 2.97. The Labute approximate surface area is 91.1 Å². The molecule has 2 heteroatoms. The fourth-order valence-electron chi connectivity index (χ4n) is 2.17. The van der Waals surface area contributed by atoms with E-state index in [1.807, 2.05) is 18.2 Å². The van der Waals surface area contributed by atoms with Crippen molar-refractivity contribution in [2.24, 2.45) is 5.92 Å². The van der Waals surface area contributed by atoms with Gasteiger partial charge < -0.3 is 0 Å². The highest BCUT2D eigenvalue weighted by atomic mass is 15.1. The lowest BCUT2D eigenvalue weighted by molar-refractivity contribution is 0.320. The Morgan fingerprint density at radius 1 is 1.53 bits per heavy atom. The lowest BCUT2D eigenvalue weighted by atomic mass is 10.1. The quantitative estimate of drug-likeness (QED) is 0.733. The molecule has 0 amide bonds. The molecule has 1 heterocycles. The maximum atomic E-state index is 8.80. The van der Waals surface area contributed by atoms with Gasteiger partial charge in [-0.3, -0.25) is 4.90 Å². The SMILES string of the molecule is CC1CCN(Cc2cccc(C#N)c2)C1. The predicted molar refractivity (Wildman–Crippen MR) is 60.2 cm³/mol. The molecule has 0 radical (unpaired) electrons. The Kier molecular flexibility index (Phi) is 3.03. The molecule has 0 bridgehead atoms. The summed E-state index contributed by atoms with van der Waals surface area (Å²) in [7, 11) is 0. The Hall–Kier alpha value is -1.33. The molecule has 1 unspecified atom stereocenters. The molecule has 15 heavy (non-hydrogen) atoms. The highest BCUT2D eigenvalue weighted by Gasteiger charge is 2.18. The van der Waals surface area contributed by atoms with Crippen molar-refractivity contribution in [1.82, 2.24) is 4.90 Å². The summed E-state index contributed by atoms with van der Waals surface area (Å²) >= 11 is 0. The zero-order valence-corrected chi connectivity index (χ0v) is 9.11. The summed E-state index contributed by atoms with van der Waals surface area (Å²) < 4.78 is 0. The zero-order valence-electron chi connectivity index (χ0n) is 9.11. The fourth-order valence-corrected chi connectivity index (χ4v) is 2.17. The van der Waals surface area contributed by atoms with Crippen LogP contribution in [0.25, 0.3) is 0 Å². The third kappa shape index (κ3) is 2.57. The number of hydrogen-bond donors (Lipinski definition) is 0. The van der Waals surface area contributed by atoms with Gasteiger partial charge in [0.25, 0.3) is 0 Å². The van der Waals surface area contributed by atoms with Gasteiger partial charge in [0, 0.05) is 13.1 Å². The zero-order chi connectivity index (χ0) is 10.7. The van der Waals surface area contributed by atoms with Crippen LogP contribution in [0.3, 0.4) is 0 Å². The van der Waals surface area contributed by atoms with Crippen molar-refractivity contribution < 1.29 is 0 Å². The van der Waals surface area contributed by atoms with Gasteiger partial charge in [-0.1, -0.05) is 19.1 Å². The van der Waals surface area contributed by atoms with Gasteiger partial charge in [0.05, 0.1) is 11.6 Å².